The van der Waals surface area contributed by atoms with Crippen LogP contribution in [0.4, 0.5) is 5.00 Å². The highest BCUT2D eigenvalue weighted by molar-refractivity contribution is 7.80. The van der Waals surface area contributed by atoms with E-state index in [9.17, 15) is 0 Å². The number of benzene rings is 2. The molecule has 4 rings (SSSR count). The molecule has 0 saturated heterocycles. The summed E-state index contributed by atoms with van der Waals surface area (Å²) in [6.45, 7) is 2.64. The smallest absolute Gasteiger partial charge is 0.195 e. The Morgan fingerprint density at radius 3 is 2.54 bits per heavy atom. The van der Waals surface area contributed by atoms with Crippen molar-refractivity contribution in [2.75, 3.05) is 12.4 Å². The average molecular weight is 428 g/mol. The third kappa shape index (κ3) is 3.76. The Kier molecular flexibility index (Phi) is 5.35. The van der Waals surface area contributed by atoms with Crippen molar-refractivity contribution in [2.24, 2.45) is 5.10 Å². The van der Waals surface area contributed by atoms with Crippen molar-refractivity contribution >= 4 is 51.0 Å². The molecule has 1 aromatic heterocycles. The van der Waals surface area contributed by atoms with Gasteiger partial charge in [0.25, 0.3) is 0 Å². The Hall–Kier alpha value is -2.41. The fourth-order valence-electron chi connectivity index (χ4n) is 3.03. The van der Waals surface area contributed by atoms with Crippen molar-refractivity contribution in [1.29, 1.82) is 0 Å². The molecule has 4 nitrogen and oxygen atoms in total. The van der Waals surface area contributed by atoms with Gasteiger partial charge in [-0.05, 0) is 59.9 Å². The number of aryl methyl sites for hydroxylation is 1. The number of thiocarbonyl (C=S) groups is 1. The van der Waals surface area contributed by atoms with Gasteiger partial charge in [-0.3, -0.25) is 0 Å². The SMILES string of the molecule is COc1ccc(CN2N=C(c3ccc(Cl)cc3)c3c(C)csc3NC2=S)cc1. The van der Waals surface area contributed by atoms with E-state index in [4.69, 9.17) is 33.7 Å². The summed E-state index contributed by atoms with van der Waals surface area (Å²) in [5.74, 6) is 0.823. The van der Waals surface area contributed by atoms with Gasteiger partial charge in [0, 0.05) is 16.1 Å². The highest BCUT2D eigenvalue weighted by Crippen LogP contribution is 2.33. The van der Waals surface area contributed by atoms with Gasteiger partial charge < -0.3 is 10.1 Å². The van der Waals surface area contributed by atoms with Gasteiger partial charge in [-0.15, -0.1) is 11.3 Å². The fourth-order valence-corrected chi connectivity index (χ4v) is 4.37. The Morgan fingerprint density at radius 2 is 1.86 bits per heavy atom. The summed E-state index contributed by atoms with van der Waals surface area (Å²) in [7, 11) is 1.66. The van der Waals surface area contributed by atoms with Crippen LogP contribution >= 0.6 is 35.2 Å². The van der Waals surface area contributed by atoms with Gasteiger partial charge in [-0.1, -0.05) is 35.9 Å². The first-order chi connectivity index (χ1) is 13.5. The largest absolute Gasteiger partial charge is 0.497 e. The number of fused-ring (bicyclic) bond motifs is 1. The molecule has 2 aromatic carbocycles. The number of hydrogen-bond donors (Lipinski definition) is 1. The van der Waals surface area contributed by atoms with E-state index in [2.05, 4.69) is 17.6 Å². The summed E-state index contributed by atoms with van der Waals surface area (Å²) in [5, 5.41) is 14.5. The predicted octanol–water partition coefficient (Wildman–Crippen LogP) is 5.68. The van der Waals surface area contributed by atoms with Crippen LogP contribution < -0.4 is 10.1 Å². The lowest BCUT2D eigenvalue weighted by Gasteiger charge is -2.19. The van der Waals surface area contributed by atoms with E-state index < -0.39 is 0 Å². The van der Waals surface area contributed by atoms with Crippen LogP contribution in [0.5, 0.6) is 5.75 Å². The van der Waals surface area contributed by atoms with Crippen LogP contribution in [0.3, 0.4) is 0 Å². The molecular weight excluding hydrogens is 410 g/mol. The summed E-state index contributed by atoms with van der Waals surface area (Å²) in [4.78, 5) is 0. The fraction of sp³-hybridized carbons (Fsp3) is 0.143. The van der Waals surface area contributed by atoms with Crippen LogP contribution in [-0.2, 0) is 6.54 Å². The van der Waals surface area contributed by atoms with Gasteiger partial charge in [-0.25, -0.2) is 5.01 Å². The molecule has 0 spiro atoms. The van der Waals surface area contributed by atoms with Gasteiger partial charge in [-0.2, -0.15) is 5.10 Å². The standard InChI is InChI=1S/C21H18ClN3OS2/c1-13-12-28-20-18(13)19(15-5-7-16(22)8-6-15)24-25(21(27)23-20)11-14-3-9-17(26-2)10-4-14/h3-10,12H,11H2,1-2H3,(H,23,27). The minimum atomic E-state index is 0.556. The van der Waals surface area contributed by atoms with E-state index in [-0.39, 0.29) is 0 Å². The van der Waals surface area contributed by atoms with Crippen LogP contribution in [0, 0.1) is 6.92 Å². The highest BCUT2D eigenvalue weighted by Gasteiger charge is 2.24. The van der Waals surface area contributed by atoms with Gasteiger partial charge in [0.2, 0.25) is 0 Å². The van der Waals surface area contributed by atoms with Gasteiger partial charge in [0.1, 0.15) is 16.5 Å². The molecule has 1 aliphatic rings. The average Bonchev–Trinajstić information content (AvgIpc) is 2.99. The Labute approximate surface area is 178 Å². The normalized spacial score (nSPS) is 13.5. The zero-order valence-corrected chi connectivity index (χ0v) is 17.8. The van der Waals surface area contributed by atoms with Crippen LogP contribution in [0.2, 0.25) is 5.02 Å². The van der Waals surface area contributed by atoms with Gasteiger partial charge in [0.05, 0.1) is 13.7 Å². The maximum absolute atomic E-state index is 6.09. The van der Waals surface area contributed by atoms with Crippen LogP contribution in [0.15, 0.2) is 59.0 Å². The van der Waals surface area contributed by atoms with E-state index in [1.54, 1.807) is 18.4 Å². The number of nitrogens with zero attached hydrogens (tertiary/aromatic N) is 2. The maximum atomic E-state index is 6.09. The quantitative estimate of drug-likeness (QED) is 0.543. The second-order valence-corrected chi connectivity index (χ2v) is 8.12. The topological polar surface area (TPSA) is 36.9 Å². The maximum Gasteiger partial charge on any atom is 0.195 e. The van der Waals surface area contributed by atoms with Crippen LogP contribution in [-0.4, -0.2) is 22.9 Å². The van der Waals surface area contributed by atoms with Crippen molar-refractivity contribution in [3.8, 4) is 5.75 Å². The molecule has 142 valence electrons. The molecule has 3 aromatic rings. The number of methoxy groups -OCH3 is 1. The third-order valence-electron chi connectivity index (χ3n) is 4.50. The number of ether oxygens (including phenoxy) is 1. The summed E-state index contributed by atoms with van der Waals surface area (Å²) < 4.78 is 5.24. The number of hydrazone groups is 1. The molecule has 0 fully saturated rings. The summed E-state index contributed by atoms with van der Waals surface area (Å²) in [6, 6.07) is 15.7. The summed E-state index contributed by atoms with van der Waals surface area (Å²) in [6.07, 6.45) is 0. The van der Waals surface area contributed by atoms with Gasteiger partial charge in [0.15, 0.2) is 5.11 Å². The van der Waals surface area contributed by atoms with Crippen molar-refractivity contribution in [3.05, 3.63) is 81.2 Å². The van der Waals surface area contributed by atoms with Crippen molar-refractivity contribution in [2.45, 2.75) is 13.5 Å². The Morgan fingerprint density at radius 1 is 1.14 bits per heavy atom. The zero-order chi connectivity index (χ0) is 19.7. The number of hydrogen-bond acceptors (Lipinski definition) is 4. The van der Waals surface area contributed by atoms with Gasteiger partial charge >= 0.3 is 0 Å². The second-order valence-electron chi connectivity index (χ2n) is 6.41. The molecular formula is C21H18ClN3OS2. The van der Waals surface area contributed by atoms with E-state index >= 15 is 0 Å². The molecule has 0 aliphatic carbocycles. The zero-order valence-electron chi connectivity index (χ0n) is 15.4. The molecule has 1 N–H and O–H groups in total. The van der Waals surface area contributed by atoms with E-state index in [0.29, 0.717) is 16.7 Å². The lowest BCUT2D eigenvalue weighted by molar-refractivity contribution is 0.413. The minimum Gasteiger partial charge on any atom is -0.497 e. The summed E-state index contributed by atoms with van der Waals surface area (Å²) >= 11 is 13.4. The first-order valence-corrected chi connectivity index (χ1v) is 10.4. The van der Waals surface area contributed by atoms with E-state index in [1.807, 2.05) is 53.5 Å². The lowest BCUT2D eigenvalue weighted by atomic mass is 10.0. The van der Waals surface area contributed by atoms with Crippen molar-refractivity contribution in [3.63, 3.8) is 0 Å². The van der Waals surface area contributed by atoms with E-state index in [1.165, 1.54) is 0 Å². The lowest BCUT2D eigenvalue weighted by Crippen LogP contribution is -2.29. The molecule has 1 aliphatic heterocycles. The molecule has 0 amide bonds. The monoisotopic (exact) mass is 427 g/mol. The van der Waals surface area contributed by atoms with E-state index in [0.717, 1.165) is 38.7 Å². The highest BCUT2D eigenvalue weighted by atomic mass is 35.5. The minimum absolute atomic E-state index is 0.556. The number of nitrogens with one attached hydrogen (secondary N) is 1. The molecule has 7 heteroatoms. The van der Waals surface area contributed by atoms with Crippen LogP contribution in [0.25, 0.3) is 0 Å². The Bertz CT molecular complexity index is 1040. The second kappa shape index (κ2) is 7.91. The molecule has 0 saturated carbocycles. The first kappa shape index (κ1) is 18.9. The molecule has 28 heavy (non-hydrogen) atoms. The number of rotatable bonds is 4. The molecule has 0 radical (unpaired) electrons. The molecule has 0 atom stereocenters. The van der Waals surface area contributed by atoms with Crippen LogP contribution in [0.1, 0.15) is 22.3 Å². The number of thiophene rings is 1. The summed E-state index contributed by atoms with van der Waals surface area (Å²) in [5.41, 5.74) is 5.21. The number of halogens is 1. The molecule has 2 heterocycles. The Balaban J connectivity index is 1.76. The molecule has 0 bridgehead atoms. The van der Waals surface area contributed by atoms with Crippen molar-refractivity contribution in [1.82, 2.24) is 5.01 Å². The predicted molar refractivity (Wildman–Crippen MR) is 121 cm³/mol. The first-order valence-electron chi connectivity index (χ1n) is 8.69. The third-order valence-corrected chi connectivity index (χ3v) is 6.07. The number of anilines is 1. The van der Waals surface area contributed by atoms with Crippen molar-refractivity contribution < 1.29 is 4.74 Å². The molecule has 0 unspecified atom stereocenters.